The predicted molar refractivity (Wildman–Crippen MR) is 138 cm³/mol. The number of para-hydroxylation sites is 1. The minimum absolute atomic E-state index is 0.0154. The van der Waals surface area contributed by atoms with E-state index in [4.69, 9.17) is 4.98 Å². The summed E-state index contributed by atoms with van der Waals surface area (Å²) in [4.78, 5) is 29.6. The smallest absolute Gasteiger partial charge is 0.306 e. The Bertz CT molecular complexity index is 1400. The van der Waals surface area contributed by atoms with Gasteiger partial charge < -0.3 is 15.0 Å². The van der Waals surface area contributed by atoms with Gasteiger partial charge in [-0.2, -0.15) is 0 Å². The molecule has 2 aromatic carbocycles. The number of amides is 1. The molecule has 2 heterocycles. The number of aromatic nitrogens is 2. The lowest BCUT2D eigenvalue weighted by Crippen LogP contribution is -2.40. The first-order chi connectivity index (χ1) is 16.9. The highest BCUT2D eigenvalue weighted by Crippen LogP contribution is 2.31. The van der Waals surface area contributed by atoms with Crippen molar-refractivity contribution in [1.29, 1.82) is 0 Å². The topological polar surface area (TPSA) is 84.2 Å². The Morgan fingerprint density at radius 2 is 1.83 bits per heavy atom. The second kappa shape index (κ2) is 9.53. The van der Waals surface area contributed by atoms with Crippen LogP contribution < -0.4 is 5.32 Å². The number of fused-ring (bicyclic) bond motifs is 2. The van der Waals surface area contributed by atoms with Crippen LogP contribution in [0.2, 0.25) is 0 Å². The number of carbonyl (C=O) groups excluding carboxylic acids is 1. The summed E-state index contributed by atoms with van der Waals surface area (Å²) in [5, 5.41) is 14.6. The van der Waals surface area contributed by atoms with Gasteiger partial charge in [0.05, 0.1) is 34.8 Å². The second-order valence-electron chi connectivity index (χ2n) is 9.90. The van der Waals surface area contributed by atoms with E-state index in [2.05, 4.69) is 34.1 Å². The maximum Gasteiger partial charge on any atom is 0.306 e. The number of carboxylic acid groups (broad SMARTS) is 1. The van der Waals surface area contributed by atoms with Crippen molar-refractivity contribution in [2.45, 2.75) is 52.1 Å². The monoisotopic (exact) mass is 469 g/mol. The Kier molecular flexibility index (Phi) is 6.29. The van der Waals surface area contributed by atoms with Crippen molar-refractivity contribution in [1.82, 2.24) is 14.9 Å². The van der Waals surface area contributed by atoms with Crippen molar-refractivity contribution < 1.29 is 14.7 Å². The molecule has 2 aromatic heterocycles. The number of carboxylic acids is 1. The van der Waals surface area contributed by atoms with Crippen LogP contribution >= 0.6 is 0 Å². The molecule has 6 heteroatoms. The Morgan fingerprint density at radius 1 is 1.06 bits per heavy atom. The number of pyridine rings is 1. The number of hydrogen-bond donors (Lipinski definition) is 2. The molecule has 1 amide bonds. The van der Waals surface area contributed by atoms with Crippen LogP contribution in [0.15, 0.2) is 60.8 Å². The van der Waals surface area contributed by atoms with E-state index in [-0.39, 0.29) is 17.9 Å². The Labute approximate surface area is 205 Å². The van der Waals surface area contributed by atoms with Gasteiger partial charge in [-0.15, -0.1) is 0 Å². The number of hydrogen-bond acceptors (Lipinski definition) is 3. The van der Waals surface area contributed by atoms with E-state index in [0.717, 1.165) is 45.9 Å². The van der Waals surface area contributed by atoms with Crippen molar-refractivity contribution in [2.24, 2.45) is 11.8 Å². The summed E-state index contributed by atoms with van der Waals surface area (Å²) >= 11 is 0. The average molecular weight is 470 g/mol. The molecule has 0 bridgehead atoms. The van der Waals surface area contributed by atoms with Crippen LogP contribution in [-0.4, -0.2) is 32.6 Å². The maximum atomic E-state index is 13.5. The number of carbonyl (C=O) groups is 2. The minimum Gasteiger partial charge on any atom is -0.481 e. The van der Waals surface area contributed by atoms with Crippen molar-refractivity contribution in [3.05, 3.63) is 77.6 Å². The van der Waals surface area contributed by atoms with E-state index in [0.29, 0.717) is 30.9 Å². The molecule has 0 aliphatic heterocycles. The SMILES string of the molecule is Cc1cc(C(=O)N[C@@H](C)C2CCC(C(=O)O)CC2)c2c(ccn2Cc2ccc3ccccc3n2)c1. The standard InChI is InChI=1S/C29H31N3O3/c1-18-15-23-13-14-32(17-24-12-11-21-5-3-4-6-26(21)31-24)27(23)25(16-18)28(33)30-19(2)20-7-9-22(10-8-20)29(34)35/h3-6,11-16,19-20,22H,7-10,17H2,1-2H3,(H,30,33)(H,34,35)/t19-,20?,22?/m0/s1. The summed E-state index contributed by atoms with van der Waals surface area (Å²) < 4.78 is 2.10. The Balaban J connectivity index is 1.39. The number of nitrogens with zero attached hydrogens (tertiary/aromatic N) is 2. The van der Waals surface area contributed by atoms with E-state index in [9.17, 15) is 14.7 Å². The normalized spacial score (nSPS) is 19.0. The highest BCUT2D eigenvalue weighted by Gasteiger charge is 2.30. The van der Waals surface area contributed by atoms with Gasteiger partial charge >= 0.3 is 5.97 Å². The summed E-state index contributed by atoms with van der Waals surface area (Å²) in [5.74, 6) is -0.747. The fourth-order valence-electron chi connectivity index (χ4n) is 5.44. The molecule has 1 aliphatic rings. The van der Waals surface area contributed by atoms with E-state index in [1.807, 2.05) is 50.4 Å². The van der Waals surface area contributed by atoms with Crippen LogP contribution in [0, 0.1) is 18.8 Å². The highest BCUT2D eigenvalue weighted by atomic mass is 16.4. The molecule has 1 saturated carbocycles. The molecule has 0 radical (unpaired) electrons. The number of rotatable bonds is 6. The van der Waals surface area contributed by atoms with Crippen molar-refractivity contribution >= 4 is 33.7 Å². The number of benzene rings is 2. The molecule has 35 heavy (non-hydrogen) atoms. The van der Waals surface area contributed by atoms with Gasteiger partial charge in [-0.25, -0.2) is 0 Å². The fraction of sp³-hybridized carbons (Fsp3) is 0.345. The largest absolute Gasteiger partial charge is 0.481 e. The van der Waals surface area contributed by atoms with E-state index < -0.39 is 5.97 Å². The van der Waals surface area contributed by atoms with Crippen molar-refractivity contribution in [3.63, 3.8) is 0 Å². The van der Waals surface area contributed by atoms with Crippen molar-refractivity contribution in [3.8, 4) is 0 Å². The second-order valence-corrected chi connectivity index (χ2v) is 9.90. The average Bonchev–Trinajstić information content (AvgIpc) is 3.25. The fourth-order valence-corrected chi connectivity index (χ4v) is 5.44. The van der Waals surface area contributed by atoms with Crippen molar-refractivity contribution in [2.75, 3.05) is 0 Å². The van der Waals surface area contributed by atoms with Gasteiger partial charge in [0.2, 0.25) is 0 Å². The minimum atomic E-state index is -0.705. The number of aryl methyl sites for hydroxylation is 1. The van der Waals surface area contributed by atoms with E-state index in [1.54, 1.807) is 0 Å². The predicted octanol–water partition coefficient (Wildman–Crippen LogP) is 5.56. The van der Waals surface area contributed by atoms with Gasteiger partial charge in [0.1, 0.15) is 0 Å². The summed E-state index contributed by atoms with van der Waals surface area (Å²) in [6.45, 7) is 4.62. The van der Waals surface area contributed by atoms with E-state index >= 15 is 0 Å². The molecule has 6 nitrogen and oxygen atoms in total. The zero-order valence-electron chi connectivity index (χ0n) is 20.2. The first kappa shape index (κ1) is 23.1. The highest BCUT2D eigenvalue weighted by molar-refractivity contribution is 6.06. The first-order valence-electron chi connectivity index (χ1n) is 12.4. The van der Waals surface area contributed by atoms with Gasteiger partial charge in [0.15, 0.2) is 0 Å². The third kappa shape index (κ3) is 4.78. The zero-order chi connectivity index (χ0) is 24.5. The molecule has 4 aromatic rings. The molecule has 0 unspecified atom stereocenters. The van der Waals surface area contributed by atoms with Crippen LogP contribution in [0.1, 0.15) is 54.2 Å². The molecule has 1 aliphatic carbocycles. The lowest BCUT2D eigenvalue weighted by molar-refractivity contribution is -0.143. The lowest BCUT2D eigenvalue weighted by atomic mass is 9.79. The van der Waals surface area contributed by atoms with Gasteiger partial charge in [-0.1, -0.05) is 24.3 Å². The third-order valence-corrected chi connectivity index (χ3v) is 7.43. The van der Waals surface area contributed by atoms with Crippen LogP contribution in [0.25, 0.3) is 21.8 Å². The summed E-state index contributed by atoms with van der Waals surface area (Å²) in [7, 11) is 0. The molecule has 2 N–H and O–H groups in total. The summed E-state index contributed by atoms with van der Waals surface area (Å²) in [5.41, 5.74) is 4.51. The summed E-state index contributed by atoms with van der Waals surface area (Å²) in [6, 6.07) is 18.3. The maximum absolute atomic E-state index is 13.5. The Morgan fingerprint density at radius 3 is 2.60 bits per heavy atom. The van der Waals surface area contributed by atoms with Gasteiger partial charge in [0, 0.05) is 23.0 Å². The first-order valence-corrected chi connectivity index (χ1v) is 12.4. The molecule has 0 saturated heterocycles. The van der Waals surface area contributed by atoms with E-state index in [1.165, 1.54) is 0 Å². The van der Waals surface area contributed by atoms with Gasteiger partial charge in [-0.3, -0.25) is 14.6 Å². The quantitative estimate of drug-likeness (QED) is 0.387. The zero-order valence-corrected chi connectivity index (χ0v) is 20.2. The lowest BCUT2D eigenvalue weighted by Gasteiger charge is -2.31. The molecular formula is C29H31N3O3. The van der Waals surface area contributed by atoms with Gasteiger partial charge in [-0.05, 0) is 81.3 Å². The number of nitrogens with one attached hydrogen (secondary N) is 1. The molecular weight excluding hydrogens is 438 g/mol. The Hall–Kier alpha value is -3.67. The third-order valence-electron chi connectivity index (χ3n) is 7.43. The van der Waals surface area contributed by atoms with Crippen LogP contribution in [-0.2, 0) is 11.3 Å². The van der Waals surface area contributed by atoms with Gasteiger partial charge in [0.25, 0.3) is 5.91 Å². The van der Waals surface area contributed by atoms with Crippen LogP contribution in [0.4, 0.5) is 0 Å². The molecule has 1 fully saturated rings. The molecule has 1 atom stereocenters. The molecule has 5 rings (SSSR count). The van der Waals surface area contributed by atoms with Crippen LogP contribution in [0.3, 0.4) is 0 Å². The molecule has 180 valence electrons. The summed E-state index contributed by atoms with van der Waals surface area (Å²) in [6.07, 6.45) is 5.03. The molecule has 0 spiro atoms. The number of aliphatic carboxylic acids is 1. The van der Waals surface area contributed by atoms with Crippen LogP contribution in [0.5, 0.6) is 0 Å².